The second kappa shape index (κ2) is 5.38. The van der Waals surface area contributed by atoms with Crippen LogP contribution in [0.15, 0.2) is 30.9 Å². The van der Waals surface area contributed by atoms with E-state index in [0.717, 1.165) is 19.4 Å². The summed E-state index contributed by atoms with van der Waals surface area (Å²) in [5, 5.41) is 9.68. The van der Waals surface area contributed by atoms with E-state index in [1.165, 1.54) is 23.4 Å². The summed E-state index contributed by atoms with van der Waals surface area (Å²) in [5.41, 5.74) is 0.726. The van der Waals surface area contributed by atoms with Gasteiger partial charge in [0.25, 0.3) is 0 Å². The van der Waals surface area contributed by atoms with Gasteiger partial charge in [0.1, 0.15) is 18.3 Å². The number of carbonyl (C=O) groups is 1. The molecule has 2 heterocycles. The third kappa shape index (κ3) is 2.53. The van der Waals surface area contributed by atoms with Gasteiger partial charge >= 0.3 is 0 Å². The molecule has 20 heavy (non-hydrogen) atoms. The Balaban J connectivity index is 1.75. The van der Waals surface area contributed by atoms with Gasteiger partial charge in [0.05, 0.1) is 6.04 Å². The summed E-state index contributed by atoms with van der Waals surface area (Å²) in [6, 6.07) is 4.30. The zero-order valence-corrected chi connectivity index (χ0v) is 10.7. The maximum atomic E-state index is 14.0. The molecule has 6 nitrogen and oxygen atoms in total. The van der Waals surface area contributed by atoms with Crippen molar-refractivity contribution < 1.29 is 9.18 Å². The lowest BCUT2D eigenvalue weighted by Gasteiger charge is -2.12. The maximum Gasteiger partial charge on any atom is 0.241 e. The molecule has 0 radical (unpaired) electrons. The largest absolute Gasteiger partial charge is 0.325 e. The van der Waals surface area contributed by atoms with Crippen molar-refractivity contribution in [2.24, 2.45) is 0 Å². The molecule has 0 aliphatic carbocycles. The average molecular weight is 275 g/mol. The van der Waals surface area contributed by atoms with Gasteiger partial charge < -0.3 is 10.6 Å². The van der Waals surface area contributed by atoms with Crippen molar-refractivity contribution in [3.63, 3.8) is 0 Å². The van der Waals surface area contributed by atoms with Crippen LogP contribution in [0.3, 0.4) is 0 Å². The molecular weight excluding hydrogens is 261 g/mol. The van der Waals surface area contributed by atoms with Crippen LogP contribution in [0.5, 0.6) is 0 Å². The molecule has 1 amide bonds. The van der Waals surface area contributed by atoms with Crippen LogP contribution in [-0.4, -0.2) is 33.3 Å². The number of benzene rings is 1. The third-order valence-corrected chi connectivity index (χ3v) is 3.26. The first kappa shape index (κ1) is 12.7. The summed E-state index contributed by atoms with van der Waals surface area (Å²) in [4.78, 5) is 15.7. The van der Waals surface area contributed by atoms with Crippen LogP contribution in [0.4, 0.5) is 10.1 Å². The molecule has 1 unspecified atom stereocenters. The number of rotatable bonds is 3. The zero-order chi connectivity index (χ0) is 13.9. The Bertz CT molecular complexity index is 607. The summed E-state index contributed by atoms with van der Waals surface area (Å²) in [7, 11) is 0. The van der Waals surface area contributed by atoms with Gasteiger partial charge in [-0.3, -0.25) is 4.79 Å². The Labute approximate surface area is 115 Å². The van der Waals surface area contributed by atoms with E-state index in [1.54, 1.807) is 12.1 Å². The van der Waals surface area contributed by atoms with Gasteiger partial charge in [-0.1, -0.05) is 0 Å². The fraction of sp³-hybridized carbons (Fsp3) is 0.308. The Hall–Kier alpha value is -2.28. The molecule has 1 atom stereocenters. The number of hydrogen-bond acceptors (Lipinski definition) is 4. The molecule has 1 aromatic heterocycles. The monoisotopic (exact) mass is 275 g/mol. The molecule has 2 aromatic rings. The first-order chi connectivity index (χ1) is 9.74. The first-order valence-corrected chi connectivity index (χ1v) is 6.43. The lowest BCUT2D eigenvalue weighted by molar-refractivity contribution is -0.117. The Kier molecular flexibility index (Phi) is 3.42. The van der Waals surface area contributed by atoms with E-state index in [9.17, 15) is 9.18 Å². The van der Waals surface area contributed by atoms with Crippen molar-refractivity contribution >= 4 is 11.6 Å². The molecule has 1 aliphatic heterocycles. The smallest absolute Gasteiger partial charge is 0.241 e. The van der Waals surface area contributed by atoms with Gasteiger partial charge in [0.15, 0.2) is 5.82 Å². The van der Waals surface area contributed by atoms with E-state index in [0.29, 0.717) is 11.4 Å². The quantitative estimate of drug-likeness (QED) is 0.880. The zero-order valence-electron chi connectivity index (χ0n) is 10.7. The molecule has 0 bridgehead atoms. The van der Waals surface area contributed by atoms with Crippen LogP contribution in [-0.2, 0) is 4.79 Å². The average Bonchev–Trinajstić information content (AvgIpc) is 3.12. The number of nitrogens with one attached hydrogen (secondary N) is 2. The van der Waals surface area contributed by atoms with Crippen molar-refractivity contribution in [1.29, 1.82) is 0 Å². The minimum Gasteiger partial charge on any atom is -0.325 e. The molecule has 3 rings (SSSR count). The maximum absolute atomic E-state index is 14.0. The van der Waals surface area contributed by atoms with Crippen LogP contribution in [0.2, 0.25) is 0 Å². The number of halogens is 1. The predicted molar refractivity (Wildman–Crippen MR) is 71.0 cm³/mol. The van der Waals surface area contributed by atoms with E-state index < -0.39 is 5.82 Å². The molecule has 104 valence electrons. The van der Waals surface area contributed by atoms with Crippen LogP contribution < -0.4 is 10.6 Å². The van der Waals surface area contributed by atoms with Gasteiger partial charge in [0.2, 0.25) is 5.91 Å². The molecule has 1 aliphatic rings. The van der Waals surface area contributed by atoms with Crippen LogP contribution in [0, 0.1) is 5.82 Å². The standard InChI is InChI=1S/C13H14FN5O/c14-10-6-9(18-13(20)11-2-1-5-16-11)3-4-12(10)19-8-15-7-17-19/h3-4,6-8,11,16H,1-2,5H2,(H,18,20). The minimum atomic E-state index is -0.465. The summed E-state index contributed by atoms with van der Waals surface area (Å²) in [5.74, 6) is -0.594. The van der Waals surface area contributed by atoms with Crippen molar-refractivity contribution in [3.8, 4) is 5.69 Å². The topological polar surface area (TPSA) is 71.8 Å². The van der Waals surface area contributed by atoms with E-state index >= 15 is 0 Å². The molecular formula is C13H14FN5O. The summed E-state index contributed by atoms with van der Waals surface area (Å²) < 4.78 is 15.3. The summed E-state index contributed by atoms with van der Waals surface area (Å²) in [6.45, 7) is 0.845. The normalized spacial score (nSPS) is 18.1. The Morgan fingerprint density at radius 3 is 3.05 bits per heavy atom. The molecule has 1 aromatic carbocycles. The Morgan fingerprint density at radius 1 is 1.50 bits per heavy atom. The van der Waals surface area contributed by atoms with Crippen LogP contribution >= 0.6 is 0 Å². The highest BCUT2D eigenvalue weighted by Gasteiger charge is 2.22. The number of nitrogens with zero attached hydrogens (tertiary/aromatic N) is 3. The fourth-order valence-electron chi connectivity index (χ4n) is 2.24. The number of anilines is 1. The predicted octanol–water partition coefficient (Wildman–Crippen LogP) is 1.10. The van der Waals surface area contributed by atoms with Crippen LogP contribution in [0.1, 0.15) is 12.8 Å². The third-order valence-electron chi connectivity index (χ3n) is 3.26. The molecule has 1 fully saturated rings. The number of amides is 1. The molecule has 0 saturated carbocycles. The second-order valence-electron chi connectivity index (χ2n) is 4.64. The highest BCUT2D eigenvalue weighted by molar-refractivity contribution is 5.95. The van der Waals surface area contributed by atoms with Gasteiger partial charge in [-0.05, 0) is 37.6 Å². The van der Waals surface area contributed by atoms with Crippen LogP contribution in [0.25, 0.3) is 5.69 Å². The SMILES string of the molecule is O=C(Nc1ccc(-n2cncn2)c(F)c1)C1CCCN1. The summed E-state index contributed by atoms with van der Waals surface area (Å²) >= 11 is 0. The van der Waals surface area contributed by atoms with Gasteiger partial charge in [-0.2, -0.15) is 5.10 Å². The van der Waals surface area contributed by atoms with E-state index in [2.05, 4.69) is 20.7 Å². The van der Waals surface area contributed by atoms with Gasteiger partial charge in [-0.25, -0.2) is 14.1 Å². The Morgan fingerprint density at radius 2 is 2.40 bits per heavy atom. The highest BCUT2D eigenvalue weighted by Crippen LogP contribution is 2.18. The van der Waals surface area contributed by atoms with Crippen molar-refractivity contribution in [1.82, 2.24) is 20.1 Å². The lowest BCUT2D eigenvalue weighted by atomic mass is 10.2. The fourth-order valence-corrected chi connectivity index (χ4v) is 2.24. The van der Waals surface area contributed by atoms with Gasteiger partial charge in [0, 0.05) is 5.69 Å². The lowest BCUT2D eigenvalue weighted by Crippen LogP contribution is -2.35. The minimum absolute atomic E-state index is 0.129. The van der Waals surface area contributed by atoms with Crippen molar-refractivity contribution in [2.75, 3.05) is 11.9 Å². The first-order valence-electron chi connectivity index (χ1n) is 6.43. The molecule has 2 N–H and O–H groups in total. The van der Waals surface area contributed by atoms with E-state index in [-0.39, 0.29) is 11.9 Å². The highest BCUT2D eigenvalue weighted by atomic mass is 19.1. The second-order valence-corrected chi connectivity index (χ2v) is 4.64. The number of carbonyl (C=O) groups excluding carboxylic acids is 1. The molecule has 0 spiro atoms. The van der Waals surface area contributed by atoms with E-state index in [1.807, 2.05) is 0 Å². The van der Waals surface area contributed by atoms with Crippen molar-refractivity contribution in [3.05, 3.63) is 36.7 Å². The molecule has 7 heteroatoms. The number of hydrogen-bond donors (Lipinski definition) is 2. The molecule has 1 saturated heterocycles. The summed E-state index contributed by atoms with van der Waals surface area (Å²) in [6.07, 6.45) is 4.54. The number of aromatic nitrogens is 3. The van der Waals surface area contributed by atoms with E-state index in [4.69, 9.17) is 0 Å². The van der Waals surface area contributed by atoms with Crippen molar-refractivity contribution in [2.45, 2.75) is 18.9 Å². The van der Waals surface area contributed by atoms with Gasteiger partial charge in [-0.15, -0.1) is 0 Å².